The van der Waals surface area contributed by atoms with E-state index in [1.54, 1.807) is 77.0 Å². The van der Waals surface area contributed by atoms with Crippen molar-refractivity contribution in [3.63, 3.8) is 0 Å². The molecule has 0 N–H and O–H groups in total. The molecule has 8 nitrogen and oxygen atoms in total. The molecule has 0 aromatic heterocycles. The van der Waals surface area contributed by atoms with E-state index < -0.39 is 24.1 Å². The van der Waals surface area contributed by atoms with Crippen LogP contribution in [0.1, 0.15) is 36.8 Å². The van der Waals surface area contributed by atoms with Crippen molar-refractivity contribution < 1.29 is 38.0 Å². The molecule has 0 saturated heterocycles. The number of carbonyl (C=O) groups excluding carboxylic acids is 2. The highest BCUT2D eigenvalue weighted by molar-refractivity contribution is 5.88. The highest BCUT2D eigenvalue weighted by atomic mass is 16.6. The summed E-state index contributed by atoms with van der Waals surface area (Å²) in [4.78, 5) is 25.0. The molecule has 0 unspecified atom stereocenters. The minimum Gasteiger partial charge on any atom is -0.493 e. The molecule has 0 amide bonds. The second-order valence-corrected chi connectivity index (χ2v) is 8.13. The van der Waals surface area contributed by atoms with Gasteiger partial charge in [-0.1, -0.05) is 12.1 Å². The van der Waals surface area contributed by atoms with Gasteiger partial charge in [0.15, 0.2) is 23.0 Å². The first-order valence-corrected chi connectivity index (χ1v) is 11.7. The number of ether oxygens (including phenoxy) is 6. The van der Waals surface area contributed by atoms with E-state index in [0.29, 0.717) is 35.8 Å². The van der Waals surface area contributed by atoms with Crippen molar-refractivity contribution in [3.05, 3.63) is 59.7 Å². The molecule has 3 rings (SSSR count). The molecule has 8 heteroatoms. The summed E-state index contributed by atoms with van der Waals surface area (Å²) in [5, 5.41) is 0. The minimum absolute atomic E-state index is 0.500. The zero-order valence-electron chi connectivity index (χ0n) is 21.0. The monoisotopic (exact) mass is 496 g/mol. The largest absolute Gasteiger partial charge is 0.493 e. The van der Waals surface area contributed by atoms with Crippen molar-refractivity contribution in [2.24, 2.45) is 0 Å². The fourth-order valence-corrected chi connectivity index (χ4v) is 3.95. The maximum absolute atomic E-state index is 12.5. The van der Waals surface area contributed by atoms with Crippen LogP contribution in [0, 0.1) is 0 Å². The molecule has 2 atom stereocenters. The predicted octanol–water partition coefficient (Wildman–Crippen LogP) is 4.85. The smallest absolute Gasteiger partial charge is 0.331 e. The van der Waals surface area contributed by atoms with Crippen molar-refractivity contribution in [2.75, 3.05) is 28.4 Å². The zero-order chi connectivity index (χ0) is 25.9. The first-order chi connectivity index (χ1) is 17.5. The molecule has 1 saturated carbocycles. The van der Waals surface area contributed by atoms with Gasteiger partial charge in [0.1, 0.15) is 12.2 Å². The van der Waals surface area contributed by atoms with Crippen LogP contribution in [0.2, 0.25) is 0 Å². The second kappa shape index (κ2) is 13.2. The fourth-order valence-electron chi connectivity index (χ4n) is 3.95. The molecule has 192 valence electrons. The molecule has 0 bridgehead atoms. The van der Waals surface area contributed by atoms with Gasteiger partial charge in [-0.3, -0.25) is 0 Å². The molecule has 1 aliphatic carbocycles. The Kier molecular flexibility index (Phi) is 9.80. The van der Waals surface area contributed by atoms with Crippen LogP contribution in [0.4, 0.5) is 0 Å². The third kappa shape index (κ3) is 7.28. The van der Waals surface area contributed by atoms with E-state index in [9.17, 15) is 9.59 Å². The molecular weight excluding hydrogens is 464 g/mol. The molecular formula is C28H32O8. The van der Waals surface area contributed by atoms with Crippen LogP contribution in [0.5, 0.6) is 23.0 Å². The van der Waals surface area contributed by atoms with E-state index in [4.69, 9.17) is 28.4 Å². The average Bonchev–Trinajstić information content (AvgIpc) is 2.91. The summed E-state index contributed by atoms with van der Waals surface area (Å²) >= 11 is 0. The van der Waals surface area contributed by atoms with Crippen LogP contribution in [0.3, 0.4) is 0 Å². The average molecular weight is 497 g/mol. The minimum atomic E-state index is -0.501. The number of hydrogen-bond acceptors (Lipinski definition) is 8. The van der Waals surface area contributed by atoms with Gasteiger partial charge in [-0.2, -0.15) is 0 Å². The highest BCUT2D eigenvalue weighted by Crippen LogP contribution is 2.29. The maximum Gasteiger partial charge on any atom is 0.331 e. The van der Waals surface area contributed by atoms with Crippen molar-refractivity contribution in [1.29, 1.82) is 0 Å². The normalized spacial score (nSPS) is 17.6. The summed E-state index contributed by atoms with van der Waals surface area (Å²) in [7, 11) is 6.22. The highest BCUT2D eigenvalue weighted by Gasteiger charge is 2.30. The lowest BCUT2D eigenvalue weighted by Crippen LogP contribution is -2.37. The summed E-state index contributed by atoms with van der Waals surface area (Å²) in [6.45, 7) is 0. The van der Waals surface area contributed by atoms with E-state index in [0.717, 1.165) is 24.0 Å². The SMILES string of the molecule is COc1ccc(/C=C/C(=O)O[C@@H]2CCCC[C@H]2OC(=O)/C=C/c2ccc(OC)c(OC)c2)cc1OC. The summed E-state index contributed by atoms with van der Waals surface area (Å²) in [6, 6.07) is 10.7. The Labute approximate surface area is 211 Å². The van der Waals surface area contributed by atoms with Crippen LogP contribution in [0.25, 0.3) is 12.2 Å². The van der Waals surface area contributed by atoms with E-state index in [1.165, 1.54) is 12.2 Å². The van der Waals surface area contributed by atoms with Gasteiger partial charge in [-0.15, -0.1) is 0 Å². The molecule has 0 spiro atoms. The fraction of sp³-hybridized carbons (Fsp3) is 0.357. The number of benzene rings is 2. The van der Waals surface area contributed by atoms with E-state index in [1.807, 2.05) is 0 Å². The van der Waals surface area contributed by atoms with Crippen LogP contribution in [-0.2, 0) is 19.1 Å². The molecule has 0 radical (unpaired) electrons. The predicted molar refractivity (Wildman–Crippen MR) is 135 cm³/mol. The third-order valence-corrected chi connectivity index (χ3v) is 5.82. The Hall–Kier alpha value is -3.94. The van der Waals surface area contributed by atoms with Gasteiger partial charge >= 0.3 is 11.9 Å². The lowest BCUT2D eigenvalue weighted by atomic mass is 9.94. The van der Waals surface area contributed by atoms with Gasteiger partial charge in [0.05, 0.1) is 28.4 Å². The molecule has 2 aromatic rings. The first kappa shape index (κ1) is 26.7. The van der Waals surface area contributed by atoms with Crippen LogP contribution in [0.15, 0.2) is 48.6 Å². The van der Waals surface area contributed by atoms with Crippen LogP contribution < -0.4 is 18.9 Å². The van der Waals surface area contributed by atoms with Gasteiger partial charge in [-0.05, 0) is 73.2 Å². The van der Waals surface area contributed by atoms with Crippen molar-refractivity contribution in [1.82, 2.24) is 0 Å². The topological polar surface area (TPSA) is 89.5 Å². The molecule has 1 fully saturated rings. The summed E-state index contributed by atoms with van der Waals surface area (Å²) in [6.07, 6.45) is 8.04. The number of carbonyl (C=O) groups is 2. The van der Waals surface area contributed by atoms with Crippen molar-refractivity contribution in [3.8, 4) is 23.0 Å². The zero-order valence-corrected chi connectivity index (χ0v) is 21.0. The lowest BCUT2D eigenvalue weighted by molar-refractivity contribution is -0.165. The first-order valence-electron chi connectivity index (χ1n) is 11.7. The third-order valence-electron chi connectivity index (χ3n) is 5.82. The Morgan fingerprint density at radius 2 is 1.03 bits per heavy atom. The quantitative estimate of drug-likeness (QED) is 0.341. The summed E-state index contributed by atoms with van der Waals surface area (Å²) in [5.74, 6) is 1.33. The van der Waals surface area contributed by atoms with Gasteiger partial charge in [-0.25, -0.2) is 9.59 Å². The van der Waals surface area contributed by atoms with Crippen LogP contribution in [-0.4, -0.2) is 52.6 Å². The Bertz CT molecular complexity index is 1020. The van der Waals surface area contributed by atoms with E-state index >= 15 is 0 Å². The molecule has 2 aromatic carbocycles. The van der Waals surface area contributed by atoms with Crippen molar-refractivity contribution >= 4 is 24.1 Å². The lowest BCUT2D eigenvalue weighted by Gasteiger charge is -2.30. The maximum atomic E-state index is 12.5. The molecule has 0 aliphatic heterocycles. The summed E-state index contributed by atoms with van der Waals surface area (Å²) in [5.41, 5.74) is 1.52. The van der Waals surface area contributed by atoms with Gasteiger partial charge in [0.2, 0.25) is 0 Å². The number of esters is 2. The molecule has 1 aliphatic rings. The van der Waals surface area contributed by atoms with E-state index in [-0.39, 0.29) is 0 Å². The molecule has 36 heavy (non-hydrogen) atoms. The standard InChI is InChI=1S/C28H32O8/c1-31-21-13-9-19(17-25(21)33-3)11-15-27(29)35-23-7-5-6-8-24(23)36-28(30)16-12-20-10-14-22(32-2)26(18-20)34-4/h9-18,23-24H,5-8H2,1-4H3/b15-11+,16-12+/t23-,24-/m1/s1. The van der Waals surface area contributed by atoms with Gasteiger partial charge in [0, 0.05) is 12.2 Å². The Balaban J connectivity index is 1.59. The number of hydrogen-bond donors (Lipinski definition) is 0. The van der Waals surface area contributed by atoms with Gasteiger partial charge in [0.25, 0.3) is 0 Å². The molecule has 0 heterocycles. The Morgan fingerprint density at radius 1 is 0.639 bits per heavy atom. The second-order valence-electron chi connectivity index (χ2n) is 8.13. The van der Waals surface area contributed by atoms with Crippen molar-refractivity contribution in [2.45, 2.75) is 37.9 Å². The van der Waals surface area contributed by atoms with E-state index in [2.05, 4.69) is 0 Å². The number of methoxy groups -OCH3 is 4. The number of rotatable bonds is 10. The van der Waals surface area contributed by atoms with Gasteiger partial charge < -0.3 is 28.4 Å². The summed E-state index contributed by atoms with van der Waals surface area (Å²) < 4.78 is 32.3. The Morgan fingerprint density at radius 3 is 1.39 bits per heavy atom. The van der Waals surface area contributed by atoms with Crippen LogP contribution >= 0.6 is 0 Å².